The molecule has 1 heterocycles. The van der Waals surface area contributed by atoms with Crippen LogP contribution in [0.25, 0.3) is 10.9 Å². The summed E-state index contributed by atoms with van der Waals surface area (Å²) in [5.41, 5.74) is 8.18. The fourth-order valence-corrected chi connectivity index (χ4v) is 2.71. The number of nitrogen functional groups attached to an aromatic ring is 1. The largest absolute Gasteiger partial charge is 0.383 e. The minimum atomic E-state index is 0.661. The molecule has 0 aliphatic heterocycles. The third-order valence-electron chi connectivity index (χ3n) is 4.10. The summed E-state index contributed by atoms with van der Waals surface area (Å²) >= 11 is 0. The fraction of sp³-hybridized carbons (Fsp3) is 0.438. The summed E-state index contributed by atoms with van der Waals surface area (Å²) < 4.78 is 0. The normalized spacial score (nSPS) is 22.1. The van der Waals surface area contributed by atoms with Gasteiger partial charge in [0.2, 0.25) is 0 Å². The second-order valence-electron chi connectivity index (χ2n) is 5.90. The van der Waals surface area contributed by atoms with E-state index < -0.39 is 0 Å². The quantitative estimate of drug-likeness (QED) is 0.913. The van der Waals surface area contributed by atoms with Crippen LogP contribution in [0.2, 0.25) is 0 Å². The fourth-order valence-electron chi connectivity index (χ4n) is 2.71. The Morgan fingerprint density at radius 3 is 2.84 bits per heavy atom. The van der Waals surface area contributed by atoms with Gasteiger partial charge in [0.15, 0.2) is 0 Å². The lowest BCUT2D eigenvalue weighted by Gasteiger charge is -2.17. The molecule has 1 fully saturated rings. The van der Waals surface area contributed by atoms with Crippen molar-refractivity contribution >= 4 is 16.7 Å². The molecule has 2 aromatic rings. The van der Waals surface area contributed by atoms with Gasteiger partial charge in [-0.15, -0.1) is 0 Å². The molecule has 0 radical (unpaired) electrons. The number of nitrogens with zero attached hydrogens (tertiary/aromatic N) is 2. The van der Waals surface area contributed by atoms with Crippen molar-refractivity contribution in [3.05, 3.63) is 35.9 Å². The van der Waals surface area contributed by atoms with E-state index in [9.17, 15) is 0 Å². The first-order valence-corrected chi connectivity index (χ1v) is 6.96. The van der Waals surface area contributed by atoms with Gasteiger partial charge in [-0.05, 0) is 37.4 Å². The minimum absolute atomic E-state index is 0.661. The minimum Gasteiger partial charge on any atom is -0.383 e. The summed E-state index contributed by atoms with van der Waals surface area (Å²) in [6, 6.07) is 10.3. The third-order valence-corrected chi connectivity index (χ3v) is 4.10. The molecular weight excluding hydrogens is 234 g/mol. The maximum Gasteiger partial charge on any atom is 0.128 e. The van der Waals surface area contributed by atoms with Crippen molar-refractivity contribution in [2.45, 2.75) is 19.9 Å². The number of hydrogen-bond donors (Lipinski definition) is 1. The van der Waals surface area contributed by atoms with Crippen molar-refractivity contribution in [2.75, 3.05) is 19.3 Å². The van der Waals surface area contributed by atoms with Crippen molar-refractivity contribution in [1.82, 2.24) is 9.88 Å². The van der Waals surface area contributed by atoms with E-state index in [1.807, 2.05) is 18.2 Å². The Labute approximate surface area is 114 Å². The van der Waals surface area contributed by atoms with E-state index in [2.05, 4.69) is 36.0 Å². The van der Waals surface area contributed by atoms with Gasteiger partial charge in [0.25, 0.3) is 0 Å². The number of nitrogens with two attached hydrogens (primary N) is 1. The lowest BCUT2D eigenvalue weighted by atomic mass is 10.1. The molecule has 1 aromatic heterocycles. The molecule has 0 spiro atoms. The van der Waals surface area contributed by atoms with E-state index in [0.717, 1.165) is 36.0 Å². The Bertz CT molecular complexity index is 594. The van der Waals surface area contributed by atoms with Crippen LogP contribution in [0.15, 0.2) is 30.3 Å². The van der Waals surface area contributed by atoms with E-state index in [1.54, 1.807) is 0 Å². The van der Waals surface area contributed by atoms with Crippen molar-refractivity contribution in [3.63, 3.8) is 0 Å². The van der Waals surface area contributed by atoms with Gasteiger partial charge in [-0.25, -0.2) is 4.98 Å². The molecule has 100 valence electrons. The summed E-state index contributed by atoms with van der Waals surface area (Å²) in [6.45, 7) is 4.37. The van der Waals surface area contributed by atoms with Crippen LogP contribution in [0.3, 0.4) is 0 Å². The predicted octanol–water partition coefficient (Wildman–Crippen LogP) is 2.90. The van der Waals surface area contributed by atoms with Crippen molar-refractivity contribution in [2.24, 2.45) is 11.8 Å². The highest BCUT2D eigenvalue weighted by atomic mass is 15.1. The Kier molecular flexibility index (Phi) is 3.15. The van der Waals surface area contributed by atoms with Crippen LogP contribution in [0.1, 0.15) is 18.9 Å². The van der Waals surface area contributed by atoms with E-state index in [0.29, 0.717) is 5.82 Å². The number of rotatable bonds is 4. The van der Waals surface area contributed by atoms with Crippen molar-refractivity contribution in [3.8, 4) is 0 Å². The first-order valence-electron chi connectivity index (χ1n) is 6.96. The lowest BCUT2D eigenvalue weighted by molar-refractivity contribution is 0.308. The van der Waals surface area contributed by atoms with Crippen LogP contribution in [-0.2, 0) is 6.54 Å². The second kappa shape index (κ2) is 4.82. The van der Waals surface area contributed by atoms with Crippen LogP contribution in [0.5, 0.6) is 0 Å². The Morgan fingerprint density at radius 2 is 2.11 bits per heavy atom. The second-order valence-corrected chi connectivity index (χ2v) is 5.90. The third kappa shape index (κ3) is 2.71. The van der Waals surface area contributed by atoms with Crippen LogP contribution in [-0.4, -0.2) is 23.5 Å². The zero-order valence-electron chi connectivity index (χ0n) is 11.6. The van der Waals surface area contributed by atoms with Crippen LogP contribution in [0, 0.1) is 11.8 Å². The van der Waals surface area contributed by atoms with E-state index >= 15 is 0 Å². The van der Waals surface area contributed by atoms with Crippen LogP contribution in [0.4, 0.5) is 5.82 Å². The van der Waals surface area contributed by atoms with Crippen molar-refractivity contribution < 1.29 is 0 Å². The maximum atomic E-state index is 6.07. The van der Waals surface area contributed by atoms with Gasteiger partial charge >= 0.3 is 0 Å². The summed E-state index contributed by atoms with van der Waals surface area (Å²) in [7, 11) is 2.17. The lowest BCUT2D eigenvalue weighted by Crippen LogP contribution is -2.21. The highest BCUT2D eigenvalue weighted by Gasteiger charge is 2.33. The van der Waals surface area contributed by atoms with Crippen LogP contribution >= 0.6 is 0 Å². The molecule has 0 bridgehead atoms. The number of aromatic nitrogens is 1. The number of hydrogen-bond acceptors (Lipinski definition) is 3. The summed E-state index contributed by atoms with van der Waals surface area (Å²) in [6.07, 6.45) is 1.37. The molecule has 1 aromatic carbocycles. The molecule has 0 saturated heterocycles. The molecule has 3 heteroatoms. The average molecular weight is 255 g/mol. The molecule has 3 rings (SSSR count). The smallest absolute Gasteiger partial charge is 0.128 e. The average Bonchev–Trinajstić information content (AvgIpc) is 3.05. The van der Waals surface area contributed by atoms with E-state index in [4.69, 9.17) is 5.73 Å². The van der Waals surface area contributed by atoms with Crippen LogP contribution < -0.4 is 5.73 Å². The molecule has 0 amide bonds. The Balaban J connectivity index is 1.77. The van der Waals surface area contributed by atoms with Gasteiger partial charge in [0.05, 0.1) is 5.52 Å². The molecule has 2 unspecified atom stereocenters. The summed E-state index contributed by atoms with van der Waals surface area (Å²) in [5, 5.41) is 1.17. The molecule has 1 aliphatic carbocycles. The number of anilines is 1. The summed E-state index contributed by atoms with van der Waals surface area (Å²) in [4.78, 5) is 6.85. The highest BCUT2D eigenvalue weighted by molar-refractivity contribution is 5.81. The first-order chi connectivity index (χ1) is 9.13. The maximum absolute atomic E-state index is 6.07. The monoisotopic (exact) mass is 255 g/mol. The molecule has 2 N–H and O–H groups in total. The molecule has 1 aliphatic rings. The van der Waals surface area contributed by atoms with Gasteiger partial charge < -0.3 is 10.6 Å². The molecule has 19 heavy (non-hydrogen) atoms. The predicted molar refractivity (Wildman–Crippen MR) is 79.8 cm³/mol. The molecule has 2 atom stereocenters. The van der Waals surface area contributed by atoms with Gasteiger partial charge in [0, 0.05) is 24.0 Å². The van der Waals surface area contributed by atoms with Gasteiger partial charge in [-0.3, -0.25) is 0 Å². The summed E-state index contributed by atoms with van der Waals surface area (Å²) in [5.74, 6) is 2.43. The van der Waals surface area contributed by atoms with E-state index in [1.165, 1.54) is 11.8 Å². The number of para-hydroxylation sites is 1. The Morgan fingerprint density at radius 1 is 1.37 bits per heavy atom. The highest BCUT2D eigenvalue weighted by Crippen LogP contribution is 2.38. The Hall–Kier alpha value is -1.61. The standard InChI is InChI=1S/C16H21N3/c1-11-7-13(11)9-19(2)10-14-8-12-5-3-4-6-15(12)18-16(14)17/h3-6,8,11,13H,7,9-10H2,1-2H3,(H2,17,18). The zero-order chi connectivity index (χ0) is 13.4. The number of benzene rings is 1. The number of fused-ring (bicyclic) bond motifs is 1. The number of pyridine rings is 1. The van der Waals surface area contributed by atoms with Gasteiger partial charge in [-0.1, -0.05) is 25.1 Å². The first kappa shape index (κ1) is 12.4. The van der Waals surface area contributed by atoms with Crippen molar-refractivity contribution in [1.29, 1.82) is 0 Å². The van der Waals surface area contributed by atoms with E-state index in [-0.39, 0.29) is 0 Å². The SMILES string of the molecule is CC1CC1CN(C)Cc1cc2ccccc2nc1N. The molecular formula is C16H21N3. The zero-order valence-corrected chi connectivity index (χ0v) is 11.6. The molecule has 3 nitrogen and oxygen atoms in total. The van der Waals surface area contributed by atoms with Gasteiger partial charge in [0.1, 0.15) is 5.82 Å². The van der Waals surface area contributed by atoms with Gasteiger partial charge in [-0.2, -0.15) is 0 Å². The molecule has 1 saturated carbocycles. The topological polar surface area (TPSA) is 42.2 Å².